The van der Waals surface area contributed by atoms with Crippen LogP contribution in [-0.4, -0.2) is 48.8 Å². The number of carboxylic acid groups (broad SMARTS) is 1. The average molecular weight is 447 g/mol. The lowest BCUT2D eigenvalue weighted by Gasteiger charge is -2.46. The number of piperidine rings is 1. The third kappa shape index (κ3) is 4.66. The summed E-state index contributed by atoms with van der Waals surface area (Å²) in [6.07, 6.45) is 1.78. The number of nitrogens with zero attached hydrogens (tertiary/aromatic N) is 1. The Balaban J connectivity index is 0.00000272. The van der Waals surface area contributed by atoms with E-state index < -0.39 is 5.97 Å². The predicted octanol–water partition coefficient (Wildman–Crippen LogP) is 3.61. The quantitative estimate of drug-likeness (QED) is 0.729. The molecule has 0 bridgehead atoms. The second-order valence-electron chi connectivity index (χ2n) is 8.51. The van der Waals surface area contributed by atoms with Gasteiger partial charge in [0.25, 0.3) is 0 Å². The van der Waals surface area contributed by atoms with Crippen LogP contribution < -0.4 is 15.2 Å². The van der Waals surface area contributed by atoms with Crippen molar-refractivity contribution in [2.24, 2.45) is 5.73 Å². The number of ether oxygens (including phenoxy) is 2. The Labute approximate surface area is 189 Å². The molecule has 31 heavy (non-hydrogen) atoms. The number of rotatable bonds is 5. The van der Waals surface area contributed by atoms with Crippen LogP contribution in [0.4, 0.5) is 0 Å². The van der Waals surface area contributed by atoms with Crippen molar-refractivity contribution < 1.29 is 19.4 Å². The molecule has 0 amide bonds. The fourth-order valence-corrected chi connectivity index (χ4v) is 4.97. The lowest BCUT2D eigenvalue weighted by Crippen LogP contribution is -2.49. The SMILES string of the molecule is COc1cc2c(cc1OCC(=O)O)CCN1C[C@@H](c3cc(C)ccc3C)[C@H](N)C[C@H]21.Cl. The van der Waals surface area contributed by atoms with E-state index in [9.17, 15) is 4.79 Å². The number of methoxy groups -OCH3 is 1. The van der Waals surface area contributed by atoms with E-state index in [0.29, 0.717) is 17.4 Å². The summed E-state index contributed by atoms with van der Waals surface area (Å²) in [5, 5.41) is 8.93. The normalized spacial score (nSPS) is 22.6. The number of hydrogen-bond donors (Lipinski definition) is 2. The molecular formula is C24H31ClN2O4. The van der Waals surface area contributed by atoms with Gasteiger partial charge in [-0.25, -0.2) is 4.79 Å². The number of carbonyl (C=O) groups is 1. The highest BCUT2D eigenvalue weighted by molar-refractivity contribution is 5.85. The zero-order chi connectivity index (χ0) is 21.4. The maximum atomic E-state index is 10.9. The monoisotopic (exact) mass is 446 g/mol. The van der Waals surface area contributed by atoms with Crippen molar-refractivity contribution in [1.82, 2.24) is 4.90 Å². The van der Waals surface area contributed by atoms with Crippen molar-refractivity contribution in [3.63, 3.8) is 0 Å². The lowest BCUT2D eigenvalue weighted by atomic mass is 9.77. The third-order valence-electron chi connectivity index (χ3n) is 6.52. The van der Waals surface area contributed by atoms with Crippen LogP contribution in [0.5, 0.6) is 11.5 Å². The van der Waals surface area contributed by atoms with Crippen LogP contribution in [0.15, 0.2) is 30.3 Å². The highest BCUT2D eigenvalue weighted by atomic mass is 35.5. The van der Waals surface area contributed by atoms with E-state index in [1.807, 2.05) is 12.1 Å². The molecule has 2 aromatic rings. The molecule has 4 rings (SSSR count). The van der Waals surface area contributed by atoms with E-state index in [1.54, 1.807) is 7.11 Å². The molecule has 1 saturated heterocycles. The Bertz CT molecular complexity index is 965. The van der Waals surface area contributed by atoms with Gasteiger partial charge in [-0.15, -0.1) is 12.4 Å². The minimum Gasteiger partial charge on any atom is -0.493 e. The van der Waals surface area contributed by atoms with Crippen molar-refractivity contribution in [2.75, 3.05) is 26.8 Å². The number of aryl methyl sites for hydroxylation is 2. The van der Waals surface area contributed by atoms with Crippen LogP contribution in [0.25, 0.3) is 0 Å². The van der Waals surface area contributed by atoms with E-state index in [0.717, 1.165) is 25.9 Å². The van der Waals surface area contributed by atoms with E-state index >= 15 is 0 Å². The van der Waals surface area contributed by atoms with Gasteiger partial charge in [0.1, 0.15) is 0 Å². The second kappa shape index (κ2) is 9.47. The fourth-order valence-electron chi connectivity index (χ4n) is 4.97. The van der Waals surface area contributed by atoms with Crippen molar-refractivity contribution in [2.45, 2.75) is 44.7 Å². The van der Waals surface area contributed by atoms with E-state index in [1.165, 1.54) is 27.8 Å². The molecular weight excluding hydrogens is 416 g/mol. The maximum Gasteiger partial charge on any atom is 0.341 e. The molecule has 0 aliphatic carbocycles. The largest absolute Gasteiger partial charge is 0.493 e. The summed E-state index contributed by atoms with van der Waals surface area (Å²) < 4.78 is 11.0. The smallest absolute Gasteiger partial charge is 0.341 e. The van der Waals surface area contributed by atoms with E-state index in [-0.39, 0.29) is 31.1 Å². The first-order valence-corrected chi connectivity index (χ1v) is 10.5. The number of aliphatic carboxylic acids is 1. The van der Waals surface area contributed by atoms with Crippen LogP contribution in [0.2, 0.25) is 0 Å². The topological polar surface area (TPSA) is 85.0 Å². The van der Waals surface area contributed by atoms with Gasteiger partial charge in [0.05, 0.1) is 7.11 Å². The molecule has 0 saturated carbocycles. The molecule has 3 atom stereocenters. The highest BCUT2D eigenvalue weighted by Crippen LogP contribution is 2.44. The Morgan fingerprint density at radius 1 is 1.19 bits per heavy atom. The van der Waals surface area contributed by atoms with Crippen LogP contribution in [0.3, 0.4) is 0 Å². The number of halogens is 1. The fraction of sp³-hybridized carbons (Fsp3) is 0.458. The first-order valence-electron chi connectivity index (χ1n) is 10.5. The number of nitrogens with two attached hydrogens (primary N) is 1. The van der Waals surface area contributed by atoms with Crippen molar-refractivity contribution in [3.05, 3.63) is 58.1 Å². The third-order valence-corrected chi connectivity index (χ3v) is 6.52. The zero-order valence-corrected chi connectivity index (χ0v) is 19.1. The van der Waals surface area contributed by atoms with Gasteiger partial charge >= 0.3 is 5.97 Å². The molecule has 0 spiro atoms. The van der Waals surface area contributed by atoms with Crippen LogP contribution in [0, 0.1) is 13.8 Å². The Hall–Kier alpha value is -2.28. The summed E-state index contributed by atoms with van der Waals surface area (Å²) in [5.41, 5.74) is 13.1. The van der Waals surface area contributed by atoms with Gasteiger partial charge in [-0.3, -0.25) is 4.90 Å². The first-order chi connectivity index (χ1) is 14.4. The molecule has 2 heterocycles. The van der Waals surface area contributed by atoms with Gasteiger partial charge in [-0.1, -0.05) is 23.8 Å². The molecule has 2 aromatic carbocycles. The Morgan fingerprint density at radius 2 is 1.97 bits per heavy atom. The predicted molar refractivity (Wildman–Crippen MR) is 123 cm³/mol. The number of benzene rings is 2. The van der Waals surface area contributed by atoms with Crippen LogP contribution >= 0.6 is 12.4 Å². The molecule has 0 unspecified atom stereocenters. The number of hydrogen-bond acceptors (Lipinski definition) is 5. The van der Waals surface area contributed by atoms with Gasteiger partial charge < -0.3 is 20.3 Å². The maximum absolute atomic E-state index is 10.9. The molecule has 6 nitrogen and oxygen atoms in total. The number of fused-ring (bicyclic) bond motifs is 3. The lowest BCUT2D eigenvalue weighted by molar-refractivity contribution is -0.139. The van der Waals surface area contributed by atoms with Crippen LogP contribution in [0.1, 0.15) is 46.2 Å². The van der Waals surface area contributed by atoms with Gasteiger partial charge in [-0.05, 0) is 61.1 Å². The summed E-state index contributed by atoms with van der Waals surface area (Å²) in [5.74, 6) is 0.377. The Kier molecular flexibility index (Phi) is 7.14. The van der Waals surface area contributed by atoms with Crippen LogP contribution in [-0.2, 0) is 11.2 Å². The summed E-state index contributed by atoms with van der Waals surface area (Å²) in [7, 11) is 1.58. The minimum absolute atomic E-state index is 0. The molecule has 2 aliphatic rings. The van der Waals surface area contributed by atoms with E-state index in [2.05, 4.69) is 36.9 Å². The van der Waals surface area contributed by atoms with Crippen molar-refractivity contribution in [3.8, 4) is 11.5 Å². The standard InChI is InChI=1S/C24H30N2O4.ClH/c1-14-4-5-15(2)17(8-14)19-12-26-7-6-16-9-23(30-13-24(27)28)22(29-3)10-18(16)21(26)11-20(19)25;/h4-5,8-10,19-21H,6-7,11-13,25H2,1-3H3,(H,27,28);1H/t19-,20+,21+;/m0./s1. The van der Waals surface area contributed by atoms with Gasteiger partial charge in [-0.2, -0.15) is 0 Å². The molecule has 7 heteroatoms. The van der Waals surface area contributed by atoms with Gasteiger partial charge in [0, 0.05) is 31.1 Å². The molecule has 3 N–H and O–H groups in total. The van der Waals surface area contributed by atoms with Crippen molar-refractivity contribution in [1.29, 1.82) is 0 Å². The van der Waals surface area contributed by atoms with Gasteiger partial charge in [0.15, 0.2) is 18.1 Å². The average Bonchev–Trinajstić information content (AvgIpc) is 2.72. The molecule has 0 radical (unpaired) electrons. The van der Waals surface area contributed by atoms with Gasteiger partial charge in [0.2, 0.25) is 0 Å². The zero-order valence-electron chi connectivity index (χ0n) is 18.3. The molecule has 0 aromatic heterocycles. The summed E-state index contributed by atoms with van der Waals surface area (Å²) in [6, 6.07) is 10.9. The molecule has 168 valence electrons. The Morgan fingerprint density at radius 3 is 2.68 bits per heavy atom. The molecule has 1 fully saturated rings. The van der Waals surface area contributed by atoms with E-state index in [4.69, 9.17) is 20.3 Å². The van der Waals surface area contributed by atoms with Crippen molar-refractivity contribution >= 4 is 18.4 Å². The summed E-state index contributed by atoms with van der Waals surface area (Å²) in [4.78, 5) is 13.4. The summed E-state index contributed by atoms with van der Waals surface area (Å²) in [6.45, 7) is 5.81. The second-order valence-corrected chi connectivity index (χ2v) is 8.51. The summed E-state index contributed by atoms with van der Waals surface area (Å²) >= 11 is 0. The molecule has 2 aliphatic heterocycles. The minimum atomic E-state index is -1.00. The number of carboxylic acids is 1. The highest BCUT2D eigenvalue weighted by Gasteiger charge is 2.39. The first kappa shape index (κ1) is 23.4.